The molecule has 3 N–H and O–H groups in total. The summed E-state index contributed by atoms with van der Waals surface area (Å²) in [7, 11) is 0. The summed E-state index contributed by atoms with van der Waals surface area (Å²) in [6, 6.07) is 0.0578. The topological polar surface area (TPSA) is 55.1 Å². The SMILES string of the molecule is CC(C)[C@H](N)CNC(=O)[C@@H]1C[C@H](C)CC[C@H]1C(C)C. The van der Waals surface area contributed by atoms with E-state index in [2.05, 4.69) is 39.9 Å². The Bertz CT molecular complexity index is 288. The summed E-state index contributed by atoms with van der Waals surface area (Å²) in [5.74, 6) is 2.61. The Morgan fingerprint density at radius 1 is 1.26 bits per heavy atom. The fourth-order valence-electron chi connectivity index (χ4n) is 3.09. The minimum atomic E-state index is 0.0578. The van der Waals surface area contributed by atoms with Gasteiger partial charge in [-0.2, -0.15) is 0 Å². The summed E-state index contributed by atoms with van der Waals surface area (Å²) in [4.78, 5) is 12.4. The van der Waals surface area contributed by atoms with E-state index in [1.54, 1.807) is 0 Å². The second-order valence-electron chi connectivity index (χ2n) is 7.09. The van der Waals surface area contributed by atoms with Crippen LogP contribution in [-0.2, 0) is 4.79 Å². The molecule has 0 heterocycles. The molecule has 1 aliphatic rings. The molecule has 1 saturated carbocycles. The number of nitrogens with two attached hydrogens (primary N) is 1. The first kappa shape index (κ1) is 16.5. The smallest absolute Gasteiger partial charge is 0.223 e. The van der Waals surface area contributed by atoms with Gasteiger partial charge in [0.15, 0.2) is 0 Å². The van der Waals surface area contributed by atoms with E-state index in [0.29, 0.717) is 30.2 Å². The minimum absolute atomic E-state index is 0.0578. The molecule has 4 atom stereocenters. The summed E-state index contributed by atoms with van der Waals surface area (Å²) >= 11 is 0. The van der Waals surface area contributed by atoms with Crippen LogP contribution in [-0.4, -0.2) is 18.5 Å². The molecule has 1 amide bonds. The summed E-state index contributed by atoms with van der Waals surface area (Å²) in [5.41, 5.74) is 6.00. The molecule has 112 valence electrons. The minimum Gasteiger partial charge on any atom is -0.354 e. The molecule has 1 fully saturated rings. The monoisotopic (exact) mass is 268 g/mol. The Labute approximate surface area is 118 Å². The normalized spacial score (nSPS) is 29.6. The zero-order valence-corrected chi connectivity index (χ0v) is 13.3. The fraction of sp³-hybridized carbons (Fsp3) is 0.938. The quantitative estimate of drug-likeness (QED) is 0.805. The summed E-state index contributed by atoms with van der Waals surface area (Å²) in [6.45, 7) is 11.5. The molecule has 19 heavy (non-hydrogen) atoms. The van der Waals surface area contributed by atoms with Crippen LogP contribution in [0.15, 0.2) is 0 Å². The molecule has 0 aromatic rings. The van der Waals surface area contributed by atoms with Crippen LogP contribution in [0.4, 0.5) is 0 Å². The van der Waals surface area contributed by atoms with Crippen LogP contribution in [0, 0.1) is 29.6 Å². The van der Waals surface area contributed by atoms with E-state index in [0.717, 1.165) is 6.42 Å². The van der Waals surface area contributed by atoms with Crippen molar-refractivity contribution in [2.24, 2.45) is 35.3 Å². The van der Waals surface area contributed by atoms with Crippen LogP contribution in [0.2, 0.25) is 0 Å². The molecule has 0 radical (unpaired) electrons. The summed E-state index contributed by atoms with van der Waals surface area (Å²) in [6.07, 6.45) is 3.48. The van der Waals surface area contributed by atoms with E-state index in [1.807, 2.05) is 0 Å². The third-order valence-electron chi connectivity index (χ3n) is 4.73. The lowest BCUT2D eigenvalue weighted by atomic mass is 9.70. The molecule has 1 aliphatic carbocycles. The van der Waals surface area contributed by atoms with E-state index < -0.39 is 0 Å². The lowest BCUT2D eigenvalue weighted by molar-refractivity contribution is -0.129. The highest BCUT2D eigenvalue weighted by molar-refractivity contribution is 5.79. The lowest BCUT2D eigenvalue weighted by Gasteiger charge is -2.36. The largest absolute Gasteiger partial charge is 0.354 e. The summed E-state index contributed by atoms with van der Waals surface area (Å²) in [5, 5.41) is 3.07. The number of rotatable bonds is 5. The van der Waals surface area contributed by atoms with E-state index >= 15 is 0 Å². The molecule has 0 aromatic carbocycles. The average molecular weight is 268 g/mol. The van der Waals surface area contributed by atoms with Crippen molar-refractivity contribution < 1.29 is 4.79 Å². The third kappa shape index (κ3) is 4.79. The number of amides is 1. The Hall–Kier alpha value is -0.570. The van der Waals surface area contributed by atoms with Crippen molar-refractivity contribution in [2.45, 2.75) is 59.9 Å². The van der Waals surface area contributed by atoms with Crippen molar-refractivity contribution in [3.05, 3.63) is 0 Å². The molecule has 0 unspecified atom stereocenters. The van der Waals surface area contributed by atoms with Crippen LogP contribution in [0.3, 0.4) is 0 Å². The van der Waals surface area contributed by atoms with Crippen LogP contribution in [0.5, 0.6) is 0 Å². The number of nitrogens with one attached hydrogen (secondary N) is 1. The fourth-order valence-corrected chi connectivity index (χ4v) is 3.09. The first-order valence-corrected chi connectivity index (χ1v) is 7.86. The van der Waals surface area contributed by atoms with Crippen LogP contribution >= 0.6 is 0 Å². The Kier molecular flexibility index (Phi) is 6.31. The maximum atomic E-state index is 12.4. The van der Waals surface area contributed by atoms with E-state index in [9.17, 15) is 4.79 Å². The molecule has 0 bridgehead atoms. The summed E-state index contributed by atoms with van der Waals surface area (Å²) < 4.78 is 0. The van der Waals surface area contributed by atoms with Gasteiger partial charge < -0.3 is 11.1 Å². The standard InChI is InChI=1S/C16H32N2O/c1-10(2)13-7-6-12(5)8-14(13)16(19)18-9-15(17)11(3)4/h10-15H,6-9,17H2,1-5H3,(H,18,19)/t12-,13+,14-,15-/m1/s1. The van der Waals surface area contributed by atoms with E-state index in [-0.39, 0.29) is 17.9 Å². The van der Waals surface area contributed by atoms with Gasteiger partial charge in [0.1, 0.15) is 0 Å². The molecular weight excluding hydrogens is 236 g/mol. The Morgan fingerprint density at radius 2 is 1.89 bits per heavy atom. The van der Waals surface area contributed by atoms with Crippen molar-refractivity contribution in [3.8, 4) is 0 Å². The second-order valence-corrected chi connectivity index (χ2v) is 7.09. The molecule has 0 aliphatic heterocycles. The average Bonchev–Trinajstić information content (AvgIpc) is 2.34. The number of hydrogen-bond acceptors (Lipinski definition) is 2. The van der Waals surface area contributed by atoms with Crippen molar-refractivity contribution in [3.63, 3.8) is 0 Å². The second kappa shape index (κ2) is 7.28. The zero-order chi connectivity index (χ0) is 14.6. The third-order valence-corrected chi connectivity index (χ3v) is 4.73. The first-order valence-electron chi connectivity index (χ1n) is 7.86. The van der Waals surface area contributed by atoms with Gasteiger partial charge in [-0.15, -0.1) is 0 Å². The highest BCUT2D eigenvalue weighted by Crippen LogP contribution is 2.38. The molecule has 3 heteroatoms. The molecule has 0 saturated heterocycles. The number of carbonyl (C=O) groups is 1. The van der Waals surface area contributed by atoms with Gasteiger partial charge >= 0.3 is 0 Å². The molecule has 0 aromatic heterocycles. The predicted octanol–water partition coefficient (Wildman–Crippen LogP) is 2.79. The van der Waals surface area contributed by atoms with Gasteiger partial charge in [-0.25, -0.2) is 0 Å². The van der Waals surface area contributed by atoms with Crippen molar-refractivity contribution >= 4 is 5.91 Å². The van der Waals surface area contributed by atoms with Crippen LogP contribution in [0.1, 0.15) is 53.9 Å². The van der Waals surface area contributed by atoms with Gasteiger partial charge in [0, 0.05) is 18.5 Å². The van der Waals surface area contributed by atoms with E-state index in [4.69, 9.17) is 5.73 Å². The number of hydrogen-bond donors (Lipinski definition) is 2. The van der Waals surface area contributed by atoms with Gasteiger partial charge in [-0.1, -0.05) is 41.0 Å². The highest BCUT2D eigenvalue weighted by atomic mass is 16.1. The van der Waals surface area contributed by atoms with Gasteiger partial charge in [0.25, 0.3) is 0 Å². The van der Waals surface area contributed by atoms with Gasteiger partial charge in [-0.3, -0.25) is 4.79 Å². The Balaban J connectivity index is 2.56. The number of carbonyl (C=O) groups excluding carboxylic acids is 1. The van der Waals surface area contributed by atoms with Gasteiger partial charge in [-0.05, 0) is 36.5 Å². The van der Waals surface area contributed by atoms with Crippen molar-refractivity contribution in [2.75, 3.05) is 6.54 Å². The van der Waals surface area contributed by atoms with Crippen LogP contribution < -0.4 is 11.1 Å². The molecule has 3 nitrogen and oxygen atoms in total. The van der Waals surface area contributed by atoms with Crippen LogP contribution in [0.25, 0.3) is 0 Å². The first-order chi connectivity index (χ1) is 8.82. The Morgan fingerprint density at radius 3 is 2.42 bits per heavy atom. The maximum absolute atomic E-state index is 12.4. The molecular formula is C16H32N2O. The van der Waals surface area contributed by atoms with Gasteiger partial charge in [0.2, 0.25) is 5.91 Å². The van der Waals surface area contributed by atoms with Crippen molar-refractivity contribution in [1.29, 1.82) is 0 Å². The maximum Gasteiger partial charge on any atom is 0.223 e. The predicted molar refractivity (Wildman–Crippen MR) is 80.7 cm³/mol. The van der Waals surface area contributed by atoms with Crippen molar-refractivity contribution in [1.82, 2.24) is 5.32 Å². The highest BCUT2D eigenvalue weighted by Gasteiger charge is 2.35. The molecule has 0 spiro atoms. The van der Waals surface area contributed by atoms with Gasteiger partial charge in [0.05, 0.1) is 0 Å². The van der Waals surface area contributed by atoms with E-state index in [1.165, 1.54) is 12.8 Å². The lowest BCUT2D eigenvalue weighted by Crippen LogP contribution is -2.45. The zero-order valence-electron chi connectivity index (χ0n) is 13.3. The molecule has 1 rings (SSSR count).